The second-order valence-corrected chi connectivity index (χ2v) is 12.2. The second-order valence-electron chi connectivity index (χ2n) is 8.49. The summed E-state index contributed by atoms with van der Waals surface area (Å²) in [5, 5.41) is 18.9. The lowest BCUT2D eigenvalue weighted by atomic mass is 10.2. The molecule has 5 N–H and O–H groups in total. The largest absolute Gasteiger partial charge is 0.490 e. The molecule has 3 aromatic rings. The Morgan fingerprint density at radius 2 is 2.00 bits per heavy atom. The monoisotopic (exact) mass is 605 g/mol. The van der Waals surface area contributed by atoms with E-state index in [9.17, 15) is 26.4 Å². The lowest BCUT2D eigenvalue weighted by Gasteiger charge is -2.17. The summed E-state index contributed by atoms with van der Waals surface area (Å²) in [5.74, 6) is -3.36. The highest BCUT2D eigenvalue weighted by Crippen LogP contribution is 2.36. The number of hydrogen-bond acceptors (Lipinski definition) is 8. The number of nitrogens with zero attached hydrogens (tertiary/aromatic N) is 2. The number of carboxylic acid groups (broad SMARTS) is 1. The fourth-order valence-corrected chi connectivity index (χ4v) is 6.94. The van der Waals surface area contributed by atoms with Crippen LogP contribution in [0.3, 0.4) is 0 Å². The highest BCUT2D eigenvalue weighted by molar-refractivity contribution is 7.93. The van der Waals surface area contributed by atoms with E-state index < -0.39 is 28.0 Å². The Labute approximate surface area is 230 Å². The van der Waals surface area contributed by atoms with E-state index in [0.717, 1.165) is 15.6 Å². The first-order valence-corrected chi connectivity index (χ1v) is 14.0. The molecule has 10 nitrogen and oxygen atoms in total. The number of alkyl halides is 3. The molecule has 1 aromatic carbocycles. The van der Waals surface area contributed by atoms with Crippen LogP contribution in [0.2, 0.25) is 5.02 Å². The molecule has 0 radical (unpaired) electrons. The molecular weight excluding hydrogens is 583 g/mol. The van der Waals surface area contributed by atoms with Crippen molar-refractivity contribution in [3.05, 3.63) is 58.4 Å². The quantitative estimate of drug-likeness (QED) is 0.235. The Morgan fingerprint density at radius 1 is 1.33 bits per heavy atom. The number of nitrogens with two attached hydrogens (primary N) is 1. The summed E-state index contributed by atoms with van der Waals surface area (Å²) in [6, 6.07) is 8.20. The molecule has 1 amide bonds. The van der Waals surface area contributed by atoms with Crippen molar-refractivity contribution in [2.45, 2.75) is 36.3 Å². The Kier molecular flexibility index (Phi) is 9.20. The molecule has 3 heterocycles. The van der Waals surface area contributed by atoms with Crippen LogP contribution < -0.4 is 11.1 Å². The van der Waals surface area contributed by atoms with Gasteiger partial charge in [-0.15, -0.1) is 11.3 Å². The van der Waals surface area contributed by atoms with Crippen LogP contribution in [0.4, 0.5) is 13.2 Å². The summed E-state index contributed by atoms with van der Waals surface area (Å²) < 4.78 is 58.9. The van der Waals surface area contributed by atoms with Gasteiger partial charge in [-0.05, 0) is 60.2 Å². The third kappa shape index (κ3) is 7.44. The molecule has 1 fully saturated rings. The van der Waals surface area contributed by atoms with Gasteiger partial charge in [-0.1, -0.05) is 11.6 Å². The number of pyridine rings is 1. The van der Waals surface area contributed by atoms with Gasteiger partial charge in [0.15, 0.2) is 0 Å². The molecule has 0 saturated carbocycles. The molecule has 39 heavy (non-hydrogen) atoms. The third-order valence-electron chi connectivity index (χ3n) is 5.67. The molecule has 0 unspecified atom stereocenters. The first kappa shape index (κ1) is 30.3. The number of nitrogens with one attached hydrogen (secondary N) is 2. The number of halogens is 4. The summed E-state index contributed by atoms with van der Waals surface area (Å²) in [6.07, 6.45) is -3.02. The van der Waals surface area contributed by atoms with Gasteiger partial charge < -0.3 is 15.7 Å². The van der Waals surface area contributed by atoms with E-state index in [4.69, 9.17) is 32.6 Å². The molecule has 4 rings (SSSR count). The molecule has 1 aliphatic rings. The molecule has 1 saturated heterocycles. The van der Waals surface area contributed by atoms with E-state index >= 15 is 0 Å². The fourth-order valence-electron chi connectivity index (χ4n) is 3.77. The van der Waals surface area contributed by atoms with Gasteiger partial charge in [0.25, 0.3) is 0 Å². The van der Waals surface area contributed by atoms with Gasteiger partial charge in [-0.25, -0.2) is 13.2 Å². The predicted octanol–water partition coefficient (Wildman–Crippen LogP) is 3.30. The Hall–Kier alpha value is -3.27. The molecule has 0 bridgehead atoms. The first-order valence-electron chi connectivity index (χ1n) is 11.1. The Balaban J connectivity index is 0.000000532. The summed E-state index contributed by atoms with van der Waals surface area (Å²) in [5.41, 5.74) is 7.32. The number of aromatic nitrogens is 1. The van der Waals surface area contributed by atoms with Crippen molar-refractivity contribution in [2.75, 3.05) is 12.4 Å². The minimum absolute atomic E-state index is 0.136. The van der Waals surface area contributed by atoms with Crippen LogP contribution in [0, 0.1) is 12.3 Å². The highest BCUT2D eigenvalue weighted by atomic mass is 35.5. The zero-order chi connectivity index (χ0) is 29.1. The van der Waals surface area contributed by atoms with Gasteiger partial charge >= 0.3 is 12.1 Å². The number of aliphatic carboxylic acids is 1. The normalized spacial score (nSPS) is 15.8. The van der Waals surface area contributed by atoms with Gasteiger partial charge in [0, 0.05) is 29.0 Å². The highest BCUT2D eigenvalue weighted by Gasteiger charge is 2.38. The minimum Gasteiger partial charge on any atom is -0.475 e. The number of likely N-dealkylation sites (tertiary alicyclic amines) is 1. The van der Waals surface area contributed by atoms with Crippen LogP contribution in [0.5, 0.6) is 0 Å². The van der Waals surface area contributed by atoms with Gasteiger partial charge in [-0.3, -0.25) is 20.5 Å². The summed E-state index contributed by atoms with van der Waals surface area (Å²) in [7, 11) is -3.62. The van der Waals surface area contributed by atoms with Crippen molar-refractivity contribution in [3.8, 4) is 0 Å². The van der Waals surface area contributed by atoms with Crippen molar-refractivity contribution >= 4 is 60.6 Å². The van der Waals surface area contributed by atoms with E-state index in [1.807, 2.05) is 6.07 Å². The Morgan fingerprint density at radius 3 is 2.62 bits per heavy atom. The van der Waals surface area contributed by atoms with E-state index in [2.05, 4.69) is 10.3 Å². The number of sulfone groups is 1. The van der Waals surface area contributed by atoms with Crippen LogP contribution in [-0.2, 0) is 26.0 Å². The molecule has 0 spiro atoms. The van der Waals surface area contributed by atoms with Crippen molar-refractivity contribution in [1.29, 1.82) is 5.41 Å². The number of aryl methyl sites for hydroxylation is 1. The van der Waals surface area contributed by atoms with Crippen LogP contribution in [0.15, 0.2) is 40.7 Å². The van der Waals surface area contributed by atoms with Crippen molar-refractivity contribution in [2.24, 2.45) is 5.73 Å². The number of amides is 1. The number of carboxylic acids is 1. The number of hydrogen-bond donors (Lipinski definition) is 4. The molecule has 1 atom stereocenters. The minimum atomic E-state index is -5.08. The maximum absolute atomic E-state index is 13.0. The topological polar surface area (TPSA) is 167 Å². The average Bonchev–Trinajstić information content (AvgIpc) is 3.37. The van der Waals surface area contributed by atoms with Gasteiger partial charge in [0.05, 0.1) is 6.04 Å². The van der Waals surface area contributed by atoms with E-state index in [1.54, 1.807) is 42.3 Å². The van der Waals surface area contributed by atoms with Crippen LogP contribution in [0.25, 0.3) is 10.1 Å². The number of rotatable bonds is 7. The smallest absolute Gasteiger partial charge is 0.475 e. The van der Waals surface area contributed by atoms with E-state index in [-0.39, 0.29) is 21.8 Å². The summed E-state index contributed by atoms with van der Waals surface area (Å²) in [6.45, 7) is 2.63. The molecule has 1 aliphatic heterocycles. The lowest BCUT2D eigenvalue weighted by molar-refractivity contribution is -0.192. The number of carbonyl (C=O) groups excluding carboxylic acids is 1. The van der Waals surface area contributed by atoms with Crippen molar-refractivity contribution < 1.29 is 36.3 Å². The maximum Gasteiger partial charge on any atom is 0.490 e. The van der Waals surface area contributed by atoms with Crippen LogP contribution in [0.1, 0.15) is 23.2 Å². The van der Waals surface area contributed by atoms with E-state index in [0.29, 0.717) is 35.8 Å². The number of amidine groups is 1. The zero-order valence-corrected chi connectivity index (χ0v) is 22.6. The Bertz CT molecular complexity index is 1530. The number of thiophene rings is 1. The predicted molar refractivity (Wildman–Crippen MR) is 140 cm³/mol. The SMILES string of the molecule is Cc1c(S(=O)(=O)CN[C@H]2CCN(Cc3ccnc(C(=N)N)c3)C2=O)sc2ccc(Cl)cc12.O=C(O)C(F)(F)F. The van der Waals surface area contributed by atoms with Crippen LogP contribution >= 0.6 is 22.9 Å². The zero-order valence-electron chi connectivity index (χ0n) is 20.3. The van der Waals surface area contributed by atoms with Crippen LogP contribution in [-0.4, -0.2) is 65.8 Å². The number of carbonyl (C=O) groups is 2. The standard InChI is InChI=1S/C21H22ClN5O3S2.C2HF3O2/c1-12-15-9-14(22)2-3-18(15)31-21(12)32(29,30)11-26-16-5-7-27(20(16)28)10-13-4-6-25-17(8-13)19(23)24;3-2(4,5)1(6)7/h2-4,6,8-9,16,26H,5,7,10-11H2,1H3,(H3,23,24);(H,6,7)/t16-;/m0./s1. The van der Waals surface area contributed by atoms with Crippen molar-refractivity contribution in [1.82, 2.24) is 15.2 Å². The molecule has 0 aliphatic carbocycles. The number of benzene rings is 1. The summed E-state index contributed by atoms with van der Waals surface area (Å²) >= 11 is 7.27. The molecule has 16 heteroatoms. The molecular formula is C23H23ClF3N5O5S2. The lowest BCUT2D eigenvalue weighted by Crippen LogP contribution is -2.40. The third-order valence-corrected chi connectivity index (χ3v) is 9.40. The first-order chi connectivity index (χ1) is 18.1. The summed E-state index contributed by atoms with van der Waals surface area (Å²) in [4.78, 5) is 27.4. The van der Waals surface area contributed by atoms with Gasteiger partial charge in [0.1, 0.15) is 21.6 Å². The number of nitrogen functional groups attached to an aromatic ring is 1. The second kappa shape index (κ2) is 11.9. The average molecular weight is 606 g/mol. The number of fused-ring (bicyclic) bond motifs is 1. The maximum atomic E-state index is 13.0. The van der Waals surface area contributed by atoms with Crippen molar-refractivity contribution in [3.63, 3.8) is 0 Å². The molecule has 2 aromatic heterocycles. The molecule has 210 valence electrons. The van der Waals surface area contributed by atoms with Gasteiger partial charge in [0.2, 0.25) is 15.7 Å². The fraction of sp³-hybridized carbons (Fsp3) is 0.304. The van der Waals surface area contributed by atoms with E-state index in [1.165, 1.54) is 11.3 Å². The van der Waals surface area contributed by atoms with Gasteiger partial charge in [-0.2, -0.15) is 13.2 Å².